The van der Waals surface area contributed by atoms with Gasteiger partial charge in [-0.25, -0.2) is 0 Å². The summed E-state index contributed by atoms with van der Waals surface area (Å²) in [4.78, 5) is 14.1. The first-order valence-corrected chi connectivity index (χ1v) is 7.72. The molecule has 1 aromatic heterocycles. The van der Waals surface area contributed by atoms with Crippen molar-refractivity contribution < 1.29 is 14.6 Å². The van der Waals surface area contributed by atoms with Crippen LogP contribution in [-0.2, 0) is 10.4 Å². The highest BCUT2D eigenvalue weighted by Gasteiger charge is 2.41. The number of allylic oxidation sites excluding steroid dienone is 1. The number of methoxy groups -OCH3 is 1. The van der Waals surface area contributed by atoms with Crippen LogP contribution in [0.2, 0.25) is 0 Å². The number of ether oxygens (including phenoxy) is 1. The smallest absolute Gasteiger partial charge is 0.246 e. The van der Waals surface area contributed by atoms with Crippen LogP contribution in [0.3, 0.4) is 0 Å². The molecule has 0 bridgehead atoms. The molecule has 1 aliphatic rings. The second-order valence-electron chi connectivity index (χ2n) is 5.96. The number of nitrogens with zero attached hydrogens (tertiary/aromatic N) is 3. The quantitative estimate of drug-likeness (QED) is 0.827. The molecule has 2 aromatic rings. The summed E-state index contributed by atoms with van der Waals surface area (Å²) >= 11 is 0. The zero-order chi connectivity index (χ0) is 17.2. The summed E-state index contributed by atoms with van der Waals surface area (Å²) in [6.45, 7) is 2.57. The van der Waals surface area contributed by atoms with Gasteiger partial charge in [0.15, 0.2) is 0 Å². The first kappa shape index (κ1) is 16.2. The number of β-amino-alcohol motifs (C(OH)–C–C–N with tert-alkyl or cyclic N) is 1. The predicted molar refractivity (Wildman–Crippen MR) is 88.1 cm³/mol. The Hall–Kier alpha value is -2.67. The Balaban J connectivity index is 1.73. The van der Waals surface area contributed by atoms with Crippen LogP contribution in [0.1, 0.15) is 24.6 Å². The Morgan fingerprint density at radius 3 is 3.04 bits per heavy atom. The third kappa shape index (κ3) is 3.16. The summed E-state index contributed by atoms with van der Waals surface area (Å²) in [5.74, 6) is 0.615. The van der Waals surface area contributed by atoms with Crippen LogP contribution in [0, 0.1) is 0 Å². The number of H-pyrrole nitrogens is 1. The average molecular weight is 328 g/mol. The van der Waals surface area contributed by atoms with E-state index in [1.165, 1.54) is 6.20 Å². The lowest BCUT2D eigenvalue weighted by molar-refractivity contribution is -0.126. The Morgan fingerprint density at radius 1 is 1.50 bits per heavy atom. The van der Waals surface area contributed by atoms with Crippen LogP contribution in [0.5, 0.6) is 5.75 Å². The van der Waals surface area contributed by atoms with Crippen LogP contribution in [-0.4, -0.2) is 51.5 Å². The SMILES string of the molecule is COc1cccc(/C(C)=C/C(=O)N2CCC(O)(c3cn[nH]n3)C2)c1. The zero-order valence-corrected chi connectivity index (χ0v) is 13.7. The average Bonchev–Trinajstić information content (AvgIpc) is 3.25. The van der Waals surface area contributed by atoms with E-state index in [9.17, 15) is 9.90 Å². The first-order valence-electron chi connectivity index (χ1n) is 7.72. The molecule has 1 amide bonds. The number of carbonyl (C=O) groups excluding carboxylic acids is 1. The van der Waals surface area contributed by atoms with Gasteiger partial charge < -0.3 is 14.7 Å². The number of benzene rings is 1. The summed E-state index contributed by atoms with van der Waals surface area (Å²) in [6.07, 6.45) is 3.52. The van der Waals surface area contributed by atoms with Crippen molar-refractivity contribution >= 4 is 11.5 Å². The van der Waals surface area contributed by atoms with Gasteiger partial charge in [0, 0.05) is 19.0 Å². The number of carbonyl (C=O) groups is 1. The number of amides is 1. The predicted octanol–water partition coefficient (Wildman–Crippen LogP) is 1.34. The highest BCUT2D eigenvalue weighted by molar-refractivity contribution is 5.95. The standard InChI is InChI=1S/C17H20N4O3/c1-12(13-4-3-5-14(9-13)24-2)8-16(22)21-7-6-17(23,11-21)15-10-18-20-19-15/h3-5,8-10,23H,6-7,11H2,1-2H3,(H,18,19,20)/b12-8+. The molecule has 24 heavy (non-hydrogen) atoms. The fraction of sp³-hybridized carbons (Fsp3) is 0.353. The second-order valence-corrected chi connectivity index (χ2v) is 5.96. The van der Waals surface area contributed by atoms with Gasteiger partial charge in [-0.05, 0) is 30.2 Å². The number of aliphatic hydroxyl groups is 1. The van der Waals surface area contributed by atoms with Crippen molar-refractivity contribution in [2.24, 2.45) is 0 Å². The van der Waals surface area contributed by atoms with Gasteiger partial charge in [-0.3, -0.25) is 4.79 Å². The van der Waals surface area contributed by atoms with E-state index in [-0.39, 0.29) is 12.5 Å². The summed E-state index contributed by atoms with van der Waals surface area (Å²) in [5, 5.41) is 20.8. The molecule has 1 saturated heterocycles. The molecule has 1 aromatic carbocycles. The molecule has 7 heteroatoms. The van der Waals surface area contributed by atoms with Crippen molar-refractivity contribution in [2.75, 3.05) is 20.2 Å². The van der Waals surface area contributed by atoms with Gasteiger partial charge in [0.05, 0.1) is 19.9 Å². The number of likely N-dealkylation sites (tertiary alicyclic amines) is 1. The lowest BCUT2D eigenvalue weighted by atomic mass is 10.00. The Bertz CT molecular complexity index is 757. The minimum atomic E-state index is -1.14. The number of hydrogen-bond acceptors (Lipinski definition) is 5. The van der Waals surface area contributed by atoms with E-state index < -0.39 is 5.60 Å². The molecule has 1 atom stereocenters. The van der Waals surface area contributed by atoms with Crippen molar-refractivity contribution in [3.63, 3.8) is 0 Å². The van der Waals surface area contributed by atoms with Gasteiger partial charge in [-0.15, -0.1) is 0 Å². The molecule has 2 N–H and O–H groups in total. The lowest BCUT2D eigenvalue weighted by Gasteiger charge is -2.20. The van der Waals surface area contributed by atoms with E-state index in [0.29, 0.717) is 18.7 Å². The zero-order valence-electron chi connectivity index (χ0n) is 13.7. The first-order chi connectivity index (χ1) is 11.5. The van der Waals surface area contributed by atoms with Crippen molar-refractivity contribution in [1.82, 2.24) is 20.3 Å². The van der Waals surface area contributed by atoms with Crippen LogP contribution in [0.15, 0.2) is 36.5 Å². The fourth-order valence-electron chi connectivity index (χ4n) is 2.84. The van der Waals surface area contributed by atoms with Crippen LogP contribution >= 0.6 is 0 Å². The number of rotatable bonds is 4. The molecule has 3 rings (SSSR count). The summed E-state index contributed by atoms with van der Waals surface area (Å²) in [5.41, 5.74) is 1.09. The summed E-state index contributed by atoms with van der Waals surface area (Å²) in [6, 6.07) is 7.55. The topological polar surface area (TPSA) is 91.3 Å². The monoisotopic (exact) mass is 328 g/mol. The van der Waals surface area contributed by atoms with E-state index >= 15 is 0 Å². The van der Waals surface area contributed by atoms with Crippen LogP contribution in [0.25, 0.3) is 5.57 Å². The molecule has 0 aliphatic carbocycles. The van der Waals surface area contributed by atoms with E-state index in [0.717, 1.165) is 16.9 Å². The molecule has 0 radical (unpaired) electrons. The molecular weight excluding hydrogens is 308 g/mol. The second kappa shape index (κ2) is 6.45. The van der Waals surface area contributed by atoms with Gasteiger partial charge >= 0.3 is 0 Å². The molecule has 7 nitrogen and oxygen atoms in total. The van der Waals surface area contributed by atoms with Gasteiger partial charge in [0.2, 0.25) is 5.91 Å². The highest BCUT2D eigenvalue weighted by atomic mass is 16.5. The molecule has 0 spiro atoms. The molecule has 1 unspecified atom stereocenters. The van der Waals surface area contributed by atoms with Crippen molar-refractivity contribution in [2.45, 2.75) is 18.9 Å². The Kier molecular flexibility index (Phi) is 4.35. The van der Waals surface area contributed by atoms with Gasteiger partial charge in [-0.2, -0.15) is 15.4 Å². The summed E-state index contributed by atoms with van der Waals surface area (Å²) < 4.78 is 5.21. The number of aromatic amines is 1. The minimum absolute atomic E-state index is 0.130. The Morgan fingerprint density at radius 2 is 2.33 bits per heavy atom. The molecule has 0 saturated carbocycles. The maximum Gasteiger partial charge on any atom is 0.246 e. The minimum Gasteiger partial charge on any atom is -0.497 e. The third-order valence-corrected chi connectivity index (χ3v) is 4.32. The number of nitrogens with one attached hydrogen (secondary N) is 1. The van der Waals surface area contributed by atoms with Crippen molar-refractivity contribution in [1.29, 1.82) is 0 Å². The van der Waals surface area contributed by atoms with Crippen LogP contribution < -0.4 is 4.74 Å². The third-order valence-electron chi connectivity index (χ3n) is 4.32. The number of aromatic nitrogens is 3. The normalized spacial score (nSPS) is 21.1. The highest BCUT2D eigenvalue weighted by Crippen LogP contribution is 2.30. The van der Waals surface area contributed by atoms with Gasteiger partial charge in [0.1, 0.15) is 17.0 Å². The molecule has 126 valence electrons. The lowest BCUT2D eigenvalue weighted by Crippen LogP contribution is -2.34. The fourth-order valence-corrected chi connectivity index (χ4v) is 2.84. The maximum absolute atomic E-state index is 12.5. The Labute approximate surface area is 139 Å². The maximum atomic E-state index is 12.5. The van der Waals surface area contributed by atoms with Gasteiger partial charge in [-0.1, -0.05) is 12.1 Å². The molecule has 1 fully saturated rings. The van der Waals surface area contributed by atoms with Crippen LogP contribution in [0.4, 0.5) is 0 Å². The molecule has 2 heterocycles. The summed E-state index contributed by atoms with van der Waals surface area (Å²) in [7, 11) is 1.61. The largest absolute Gasteiger partial charge is 0.497 e. The molecule has 1 aliphatic heterocycles. The van der Waals surface area contributed by atoms with Crippen molar-refractivity contribution in [3.05, 3.63) is 47.8 Å². The van der Waals surface area contributed by atoms with E-state index in [1.54, 1.807) is 18.1 Å². The number of hydrogen-bond donors (Lipinski definition) is 2. The molecular formula is C17H20N4O3. The van der Waals surface area contributed by atoms with E-state index in [4.69, 9.17) is 4.74 Å². The van der Waals surface area contributed by atoms with Gasteiger partial charge in [0.25, 0.3) is 0 Å². The van der Waals surface area contributed by atoms with E-state index in [2.05, 4.69) is 15.4 Å². The van der Waals surface area contributed by atoms with E-state index in [1.807, 2.05) is 31.2 Å². The van der Waals surface area contributed by atoms with Crippen molar-refractivity contribution in [3.8, 4) is 5.75 Å².